The highest BCUT2D eigenvalue weighted by Gasteiger charge is 2.43. The van der Waals surface area contributed by atoms with Crippen molar-refractivity contribution in [1.82, 2.24) is 24.6 Å². The molecule has 2 N–H and O–H groups in total. The zero-order valence-electron chi connectivity index (χ0n) is 24.8. The normalized spacial score (nSPS) is 16.0. The number of ether oxygens (including phenoxy) is 1. The number of nitrogens with zero attached hydrogens (tertiary/aromatic N) is 5. The number of nitrogens with one attached hydrogen (secondary N) is 1. The molecule has 3 heterocycles. The monoisotopic (exact) mass is 612 g/mol. The molecule has 13 heteroatoms. The van der Waals surface area contributed by atoms with Gasteiger partial charge in [0.1, 0.15) is 29.2 Å². The first-order valence-electron chi connectivity index (χ1n) is 13.7. The molecule has 0 radical (unpaired) electrons. The van der Waals surface area contributed by atoms with Gasteiger partial charge in [-0.25, -0.2) is 23.4 Å². The van der Waals surface area contributed by atoms with Crippen LogP contribution in [0.25, 0.3) is 5.69 Å². The number of rotatable bonds is 7. The van der Waals surface area contributed by atoms with Crippen molar-refractivity contribution < 1.29 is 23.4 Å². The zero-order chi connectivity index (χ0) is 31.3. The van der Waals surface area contributed by atoms with Crippen LogP contribution < -0.4 is 15.9 Å². The second-order valence-corrected chi connectivity index (χ2v) is 13.2. The maximum absolute atomic E-state index is 14.1. The molecule has 1 fully saturated rings. The van der Waals surface area contributed by atoms with Crippen molar-refractivity contribution in [2.75, 3.05) is 18.0 Å². The van der Waals surface area contributed by atoms with E-state index in [-0.39, 0.29) is 12.1 Å². The highest BCUT2D eigenvalue weighted by molar-refractivity contribution is 7.16. The van der Waals surface area contributed by atoms with Crippen molar-refractivity contribution in [3.05, 3.63) is 92.6 Å². The summed E-state index contributed by atoms with van der Waals surface area (Å²) in [5.74, 6) is -1.48. The Labute approximate surface area is 251 Å². The van der Waals surface area contributed by atoms with Crippen LogP contribution >= 0.6 is 11.3 Å². The third-order valence-corrected chi connectivity index (χ3v) is 8.61. The van der Waals surface area contributed by atoms with Crippen LogP contribution in [0.1, 0.15) is 56.3 Å². The van der Waals surface area contributed by atoms with Gasteiger partial charge < -0.3 is 20.1 Å². The molecule has 5 rings (SSSR count). The molecule has 0 aliphatic carbocycles. The van der Waals surface area contributed by atoms with E-state index in [1.165, 1.54) is 23.7 Å². The molecular weight excluding hydrogens is 578 g/mol. The van der Waals surface area contributed by atoms with Crippen molar-refractivity contribution in [3.63, 3.8) is 0 Å². The number of aliphatic hydroxyl groups is 1. The van der Waals surface area contributed by atoms with Crippen LogP contribution in [0.15, 0.2) is 53.6 Å². The molecule has 10 nitrogen and oxygen atoms in total. The number of carbonyl (C=O) groups excluding carboxylic acids is 1. The molecule has 1 saturated heterocycles. The number of benzene rings is 2. The maximum Gasteiger partial charge on any atom is 0.408 e. The van der Waals surface area contributed by atoms with Gasteiger partial charge in [0, 0.05) is 18.7 Å². The minimum Gasteiger partial charge on any atom is -0.444 e. The van der Waals surface area contributed by atoms with Gasteiger partial charge in [0.25, 0.3) is 0 Å². The Hall–Kier alpha value is -4.10. The Balaban J connectivity index is 1.29. The molecular formula is C30H34F2N6O4S. The molecule has 0 spiro atoms. The SMILES string of the molecule is Cc1nc(N2CC(C)(NC(=O)OC(C)(C)C)C2)sc1C(C)(O)c1ccc(-n2ncn(Cc3c(F)cccc3F)c2=O)cc1. The number of anilines is 1. The first kappa shape index (κ1) is 30.4. The maximum atomic E-state index is 14.1. The van der Waals surface area contributed by atoms with Crippen molar-refractivity contribution in [2.24, 2.45) is 0 Å². The summed E-state index contributed by atoms with van der Waals surface area (Å²) >= 11 is 1.37. The second-order valence-electron chi connectivity index (χ2n) is 12.2. The lowest BCUT2D eigenvalue weighted by molar-refractivity contribution is 0.0445. The van der Waals surface area contributed by atoms with Crippen LogP contribution in [0.2, 0.25) is 0 Å². The van der Waals surface area contributed by atoms with Gasteiger partial charge in [-0.2, -0.15) is 9.78 Å². The summed E-state index contributed by atoms with van der Waals surface area (Å²) in [5, 5.41) is 19.4. The van der Waals surface area contributed by atoms with Gasteiger partial charge >= 0.3 is 11.8 Å². The fourth-order valence-electron chi connectivity index (χ4n) is 5.06. The predicted molar refractivity (Wildman–Crippen MR) is 159 cm³/mol. The Morgan fingerprint density at radius 2 is 1.74 bits per heavy atom. The molecule has 4 aromatic rings. The van der Waals surface area contributed by atoms with Crippen LogP contribution in [0.4, 0.5) is 18.7 Å². The molecule has 1 unspecified atom stereocenters. The van der Waals surface area contributed by atoms with Crippen LogP contribution in [-0.4, -0.2) is 54.8 Å². The number of thiazole rings is 1. The van der Waals surface area contributed by atoms with Crippen molar-refractivity contribution in [3.8, 4) is 5.69 Å². The van der Waals surface area contributed by atoms with E-state index in [0.717, 1.165) is 26.5 Å². The number of hydrogen-bond donors (Lipinski definition) is 2. The van der Waals surface area contributed by atoms with E-state index in [1.807, 2.05) is 39.5 Å². The Bertz CT molecular complexity index is 1700. The molecule has 43 heavy (non-hydrogen) atoms. The van der Waals surface area contributed by atoms with Gasteiger partial charge in [-0.3, -0.25) is 4.57 Å². The topological polar surface area (TPSA) is 115 Å². The number of halogens is 2. The van der Waals surface area contributed by atoms with Crippen molar-refractivity contribution in [2.45, 2.75) is 64.8 Å². The van der Waals surface area contributed by atoms with E-state index < -0.39 is 40.2 Å². The fourth-order valence-corrected chi connectivity index (χ4v) is 6.19. The van der Waals surface area contributed by atoms with E-state index in [1.54, 1.807) is 31.2 Å². The van der Waals surface area contributed by atoms with Crippen LogP contribution in [0.3, 0.4) is 0 Å². The largest absolute Gasteiger partial charge is 0.444 e. The number of amides is 1. The highest BCUT2D eigenvalue weighted by Crippen LogP contribution is 2.40. The molecule has 2 aromatic heterocycles. The lowest BCUT2D eigenvalue weighted by Crippen LogP contribution is -2.69. The summed E-state index contributed by atoms with van der Waals surface area (Å²) < 4.78 is 35.8. The molecule has 1 amide bonds. The first-order valence-corrected chi connectivity index (χ1v) is 14.5. The summed E-state index contributed by atoms with van der Waals surface area (Å²) in [7, 11) is 0. The van der Waals surface area contributed by atoms with E-state index in [4.69, 9.17) is 4.74 Å². The van der Waals surface area contributed by atoms with Gasteiger partial charge in [0.2, 0.25) is 0 Å². The van der Waals surface area contributed by atoms with Crippen LogP contribution in [0.5, 0.6) is 0 Å². The van der Waals surface area contributed by atoms with E-state index in [9.17, 15) is 23.5 Å². The van der Waals surface area contributed by atoms with Crippen molar-refractivity contribution >= 4 is 22.6 Å². The van der Waals surface area contributed by atoms with E-state index >= 15 is 0 Å². The lowest BCUT2D eigenvalue weighted by atomic mass is 9.93. The van der Waals surface area contributed by atoms with E-state index in [0.29, 0.717) is 34.9 Å². The summed E-state index contributed by atoms with van der Waals surface area (Å²) in [6.07, 6.45) is 0.759. The Morgan fingerprint density at radius 3 is 2.35 bits per heavy atom. The van der Waals surface area contributed by atoms with Gasteiger partial charge in [-0.1, -0.05) is 29.5 Å². The molecule has 1 aliphatic heterocycles. The second kappa shape index (κ2) is 10.9. The average Bonchev–Trinajstić information content (AvgIpc) is 3.46. The number of carbonyl (C=O) groups is 1. The van der Waals surface area contributed by atoms with E-state index in [2.05, 4.69) is 15.4 Å². The average molecular weight is 613 g/mol. The molecule has 2 aromatic carbocycles. The van der Waals surface area contributed by atoms with Gasteiger partial charge in [-0.05, 0) is 71.4 Å². The summed E-state index contributed by atoms with van der Waals surface area (Å²) in [4.78, 5) is 32.6. The molecule has 228 valence electrons. The fraction of sp³-hybridized carbons (Fsp3) is 0.400. The van der Waals surface area contributed by atoms with Gasteiger partial charge in [0.05, 0.1) is 28.3 Å². The Morgan fingerprint density at radius 1 is 1.12 bits per heavy atom. The number of hydrogen-bond acceptors (Lipinski definition) is 8. The molecule has 1 aliphatic rings. The third kappa shape index (κ3) is 6.18. The third-order valence-electron chi connectivity index (χ3n) is 7.18. The van der Waals surface area contributed by atoms with Gasteiger partial charge in [-0.15, -0.1) is 0 Å². The quantitative estimate of drug-likeness (QED) is 0.316. The van der Waals surface area contributed by atoms with Crippen LogP contribution in [-0.2, 0) is 16.9 Å². The highest BCUT2D eigenvalue weighted by atomic mass is 32.1. The molecule has 1 atom stereocenters. The number of aryl methyl sites for hydroxylation is 1. The smallest absolute Gasteiger partial charge is 0.408 e. The summed E-state index contributed by atoms with van der Waals surface area (Å²) in [5.41, 5.74) is -1.53. The molecule has 0 saturated carbocycles. The lowest BCUT2D eigenvalue weighted by Gasteiger charge is -2.48. The van der Waals surface area contributed by atoms with Gasteiger partial charge in [0.15, 0.2) is 5.13 Å². The standard InChI is InChI=1S/C30H34F2N6O4S/c1-18-24(43-25(34-18)37-15-29(5,16-37)35-26(39)42-28(2,3)4)30(6,41)19-10-12-20(13-11-19)38-27(40)36(17-33-38)14-21-22(31)8-7-9-23(21)32/h7-13,17,41H,14-16H2,1-6H3,(H,35,39). The van der Waals surface area contributed by atoms with Crippen LogP contribution in [0, 0.1) is 18.6 Å². The summed E-state index contributed by atoms with van der Waals surface area (Å²) in [6.45, 7) is 11.7. The minimum absolute atomic E-state index is 0.225. The number of aromatic nitrogens is 4. The zero-order valence-corrected chi connectivity index (χ0v) is 25.6. The summed E-state index contributed by atoms with van der Waals surface area (Å²) in [6, 6.07) is 10.2. The number of alkyl carbamates (subject to hydrolysis) is 1. The Kier molecular flexibility index (Phi) is 7.68. The predicted octanol–water partition coefficient (Wildman–Crippen LogP) is 4.48. The first-order chi connectivity index (χ1) is 20.1. The minimum atomic E-state index is -1.38. The van der Waals surface area contributed by atoms with Crippen molar-refractivity contribution in [1.29, 1.82) is 0 Å². The molecule has 0 bridgehead atoms.